The number of hydrogen-bond donors (Lipinski definition) is 1. The van der Waals surface area contributed by atoms with Gasteiger partial charge < -0.3 is 15.0 Å². The Bertz CT molecular complexity index is 999. The second-order valence-electron chi connectivity index (χ2n) is 6.53. The molecule has 0 unspecified atom stereocenters. The summed E-state index contributed by atoms with van der Waals surface area (Å²) in [5.41, 5.74) is 1.60. The van der Waals surface area contributed by atoms with Gasteiger partial charge in [0.25, 0.3) is 0 Å². The predicted octanol–water partition coefficient (Wildman–Crippen LogP) is 2.63. The van der Waals surface area contributed by atoms with Crippen molar-refractivity contribution in [3.8, 4) is 0 Å². The molecule has 2 heterocycles. The van der Waals surface area contributed by atoms with Gasteiger partial charge in [0.05, 0.1) is 35.9 Å². The highest BCUT2D eigenvalue weighted by molar-refractivity contribution is 7.91. The van der Waals surface area contributed by atoms with Crippen LogP contribution in [-0.4, -0.2) is 49.2 Å². The summed E-state index contributed by atoms with van der Waals surface area (Å²) in [4.78, 5) is 31.5. The van der Waals surface area contributed by atoms with Crippen molar-refractivity contribution in [1.29, 1.82) is 0 Å². The second kappa shape index (κ2) is 8.91. The van der Waals surface area contributed by atoms with E-state index in [4.69, 9.17) is 4.74 Å². The number of fused-ring (bicyclic) bond motifs is 1. The molecular weight excluding hydrogens is 414 g/mol. The molecule has 0 bridgehead atoms. The zero-order chi connectivity index (χ0) is 21.0. The van der Waals surface area contributed by atoms with Gasteiger partial charge in [0, 0.05) is 17.8 Å². The third kappa shape index (κ3) is 5.13. The number of hydrogen-bond acceptors (Lipinski definition) is 7. The van der Waals surface area contributed by atoms with Crippen molar-refractivity contribution >= 4 is 38.3 Å². The molecule has 1 aliphatic heterocycles. The molecular formula is C19H23N3O5S2. The van der Waals surface area contributed by atoms with Gasteiger partial charge in [0.15, 0.2) is 15.0 Å². The minimum absolute atomic E-state index is 0.0368. The molecule has 8 nitrogen and oxygen atoms in total. The Morgan fingerprint density at radius 3 is 2.62 bits per heavy atom. The Morgan fingerprint density at radius 1 is 1.24 bits per heavy atom. The summed E-state index contributed by atoms with van der Waals surface area (Å²) < 4.78 is 28.7. The van der Waals surface area contributed by atoms with Crippen molar-refractivity contribution in [3.05, 3.63) is 40.4 Å². The first kappa shape index (κ1) is 21.3. The van der Waals surface area contributed by atoms with Crippen molar-refractivity contribution in [3.63, 3.8) is 0 Å². The Kier molecular flexibility index (Phi) is 6.53. The lowest BCUT2D eigenvalue weighted by atomic mass is 10.1. The summed E-state index contributed by atoms with van der Waals surface area (Å²) in [6.45, 7) is 4.66. The second-order valence-corrected chi connectivity index (χ2v) is 9.89. The normalized spacial score (nSPS) is 13.7. The van der Waals surface area contributed by atoms with E-state index in [9.17, 15) is 18.0 Å². The molecule has 0 aliphatic carbocycles. The monoisotopic (exact) mass is 437 g/mol. The highest BCUT2D eigenvalue weighted by Crippen LogP contribution is 2.28. The summed E-state index contributed by atoms with van der Waals surface area (Å²) in [6.07, 6.45) is 0.394. The molecule has 0 fully saturated rings. The maximum atomic E-state index is 12.3. The van der Waals surface area contributed by atoms with Gasteiger partial charge in [0.1, 0.15) is 0 Å². The van der Waals surface area contributed by atoms with Crippen molar-refractivity contribution in [2.45, 2.75) is 38.1 Å². The van der Waals surface area contributed by atoms with Crippen molar-refractivity contribution in [2.75, 3.05) is 24.2 Å². The number of aromatic nitrogens is 1. The van der Waals surface area contributed by atoms with E-state index in [-0.39, 0.29) is 29.1 Å². The fourth-order valence-corrected chi connectivity index (χ4v) is 4.87. The molecule has 0 atom stereocenters. The van der Waals surface area contributed by atoms with E-state index in [2.05, 4.69) is 10.3 Å². The average molecular weight is 438 g/mol. The van der Waals surface area contributed by atoms with Gasteiger partial charge in [-0.1, -0.05) is 30.4 Å². The molecule has 1 aromatic carbocycles. The first-order chi connectivity index (χ1) is 13.8. The average Bonchev–Trinajstić information content (AvgIpc) is 3.09. The van der Waals surface area contributed by atoms with Crippen LogP contribution in [-0.2, 0) is 38.8 Å². The van der Waals surface area contributed by atoms with E-state index in [0.29, 0.717) is 36.8 Å². The number of sulfone groups is 1. The summed E-state index contributed by atoms with van der Waals surface area (Å²) in [5, 5.41) is 3.28. The standard InChI is InChI=1S/C19H23N3O5S2/c1-3-27-19(24)22-10-9-15-16(12-22)28-18(20-15)21-17(23)11-13-5-7-14(8-6-13)29(25,26)4-2/h5-8H,3-4,9-12H2,1-2H3,(H,20,21,23). The van der Waals surface area contributed by atoms with E-state index in [1.807, 2.05) is 0 Å². The van der Waals surface area contributed by atoms with Crippen LogP contribution in [0.4, 0.5) is 9.93 Å². The fraction of sp³-hybridized carbons (Fsp3) is 0.421. The van der Waals surface area contributed by atoms with Gasteiger partial charge in [-0.25, -0.2) is 18.2 Å². The largest absolute Gasteiger partial charge is 0.450 e. The SMILES string of the molecule is CCOC(=O)N1CCc2nc(NC(=O)Cc3ccc(S(=O)(=O)CC)cc3)sc2C1. The Hall–Kier alpha value is -2.46. The topological polar surface area (TPSA) is 106 Å². The van der Waals surface area contributed by atoms with Gasteiger partial charge >= 0.3 is 6.09 Å². The van der Waals surface area contributed by atoms with Crippen LogP contribution in [0.2, 0.25) is 0 Å². The Labute approximate surface area is 173 Å². The number of nitrogens with one attached hydrogen (secondary N) is 1. The van der Waals surface area contributed by atoms with Crippen LogP contribution in [0.5, 0.6) is 0 Å². The number of benzene rings is 1. The molecule has 0 spiro atoms. The summed E-state index contributed by atoms with van der Waals surface area (Å²) in [6, 6.07) is 6.33. The third-order valence-corrected chi connectivity index (χ3v) is 7.28. The van der Waals surface area contributed by atoms with Crippen LogP contribution in [0, 0.1) is 0 Å². The molecule has 10 heteroatoms. The minimum atomic E-state index is -3.25. The lowest BCUT2D eigenvalue weighted by molar-refractivity contribution is -0.115. The zero-order valence-corrected chi connectivity index (χ0v) is 17.9. The predicted molar refractivity (Wildman–Crippen MR) is 110 cm³/mol. The molecule has 156 valence electrons. The fourth-order valence-electron chi connectivity index (χ4n) is 2.95. The number of ether oxygens (including phenoxy) is 1. The lowest BCUT2D eigenvalue weighted by Crippen LogP contribution is -2.35. The Balaban J connectivity index is 1.60. The quantitative estimate of drug-likeness (QED) is 0.745. The van der Waals surface area contributed by atoms with Gasteiger partial charge in [-0.2, -0.15) is 0 Å². The van der Waals surface area contributed by atoms with E-state index in [0.717, 1.165) is 10.6 Å². The number of nitrogens with zero attached hydrogens (tertiary/aromatic N) is 2. The molecule has 2 amide bonds. The molecule has 1 N–H and O–H groups in total. The highest BCUT2D eigenvalue weighted by Gasteiger charge is 2.25. The zero-order valence-electron chi connectivity index (χ0n) is 16.3. The van der Waals surface area contributed by atoms with Crippen LogP contribution in [0.1, 0.15) is 30.0 Å². The minimum Gasteiger partial charge on any atom is -0.450 e. The van der Waals surface area contributed by atoms with E-state index >= 15 is 0 Å². The molecule has 3 rings (SSSR count). The molecule has 2 aromatic rings. The highest BCUT2D eigenvalue weighted by atomic mass is 32.2. The van der Waals surface area contributed by atoms with Gasteiger partial charge in [-0.3, -0.25) is 4.79 Å². The summed E-state index contributed by atoms with van der Waals surface area (Å²) in [7, 11) is -3.25. The number of amides is 2. The van der Waals surface area contributed by atoms with E-state index in [1.54, 1.807) is 30.9 Å². The number of rotatable bonds is 6. The van der Waals surface area contributed by atoms with Crippen LogP contribution < -0.4 is 5.32 Å². The van der Waals surface area contributed by atoms with Gasteiger partial charge in [-0.05, 0) is 24.6 Å². The van der Waals surface area contributed by atoms with Crippen LogP contribution in [0.15, 0.2) is 29.2 Å². The molecule has 29 heavy (non-hydrogen) atoms. The smallest absolute Gasteiger partial charge is 0.410 e. The molecule has 1 aromatic heterocycles. The molecule has 0 radical (unpaired) electrons. The Morgan fingerprint density at radius 2 is 1.97 bits per heavy atom. The van der Waals surface area contributed by atoms with E-state index < -0.39 is 9.84 Å². The first-order valence-corrected chi connectivity index (χ1v) is 11.8. The van der Waals surface area contributed by atoms with Crippen LogP contribution in [0.3, 0.4) is 0 Å². The summed E-state index contributed by atoms with van der Waals surface area (Å²) >= 11 is 1.35. The van der Waals surface area contributed by atoms with E-state index in [1.165, 1.54) is 23.5 Å². The van der Waals surface area contributed by atoms with Gasteiger partial charge in [-0.15, -0.1) is 0 Å². The van der Waals surface area contributed by atoms with Crippen LogP contribution >= 0.6 is 11.3 Å². The maximum absolute atomic E-state index is 12.3. The van der Waals surface area contributed by atoms with Crippen molar-refractivity contribution in [1.82, 2.24) is 9.88 Å². The van der Waals surface area contributed by atoms with Crippen molar-refractivity contribution in [2.24, 2.45) is 0 Å². The van der Waals surface area contributed by atoms with Gasteiger partial charge in [0.2, 0.25) is 5.91 Å². The number of carbonyl (C=O) groups excluding carboxylic acids is 2. The molecule has 0 saturated heterocycles. The first-order valence-electron chi connectivity index (χ1n) is 9.34. The van der Waals surface area contributed by atoms with Crippen LogP contribution in [0.25, 0.3) is 0 Å². The number of thiazole rings is 1. The van der Waals surface area contributed by atoms with Crippen molar-refractivity contribution < 1.29 is 22.7 Å². The molecule has 0 saturated carbocycles. The molecule has 1 aliphatic rings. The number of anilines is 1. The lowest BCUT2D eigenvalue weighted by Gasteiger charge is -2.24. The maximum Gasteiger partial charge on any atom is 0.410 e. The number of carbonyl (C=O) groups is 2. The summed E-state index contributed by atoms with van der Waals surface area (Å²) in [5.74, 6) is -0.195. The third-order valence-electron chi connectivity index (χ3n) is 4.53.